The molecule has 0 aliphatic rings. The smallest absolute Gasteiger partial charge is 0.679 e. The molecule has 0 aromatic rings. The number of hydrogen-bond acceptors (Lipinski definition) is 0. The van der Waals surface area contributed by atoms with Gasteiger partial charge in [-0.1, -0.05) is 6.92 Å². The summed E-state index contributed by atoms with van der Waals surface area (Å²) in [6.45, 7) is 1.92. The van der Waals surface area contributed by atoms with Gasteiger partial charge in [-0.25, -0.2) is 0 Å². The van der Waals surface area contributed by atoms with E-state index in [4.69, 9.17) is 11.5 Å². The molecule has 0 aliphatic heterocycles. The van der Waals surface area contributed by atoms with Crippen LogP contribution < -0.4 is 0 Å². The summed E-state index contributed by atoms with van der Waals surface area (Å²) in [7, 11) is 0. The van der Waals surface area contributed by atoms with Gasteiger partial charge in [0.25, 0.3) is 0 Å². The Morgan fingerprint density at radius 2 is 1.83 bits per heavy atom. The quantitative estimate of drug-likeness (QED) is 0.581. The van der Waals surface area contributed by atoms with Crippen molar-refractivity contribution in [1.29, 1.82) is 0 Å². The molecule has 0 aromatic carbocycles. The summed E-state index contributed by atoms with van der Waals surface area (Å²) in [5.41, 5.74) is 13.1. The van der Waals surface area contributed by atoms with Gasteiger partial charge in [0.15, 0.2) is 0 Å². The van der Waals surface area contributed by atoms with Crippen LogP contribution in [0.5, 0.6) is 0 Å². The largest absolute Gasteiger partial charge is 2.00 e. The normalized spacial score (nSPS) is 12.5. The monoisotopic (exact) mass is 210 g/mol. The molecule has 1 unspecified atom stereocenters. The van der Waals surface area contributed by atoms with Crippen molar-refractivity contribution in [2.45, 2.75) is 13.0 Å². The molecular weight excluding hydrogens is 201 g/mol. The summed E-state index contributed by atoms with van der Waals surface area (Å²) in [6.07, 6.45) is 0. The molecule has 0 aromatic heterocycles. The Bertz CT molecular complexity index is 22.8. The third-order valence-electron chi connectivity index (χ3n) is 0.306. The second kappa shape index (κ2) is 6.49. The van der Waals surface area contributed by atoms with E-state index in [-0.39, 0.29) is 61.5 Å². The fourth-order valence-corrected chi connectivity index (χ4v) is 0. The van der Waals surface area contributed by atoms with Gasteiger partial charge in [-0.3, -0.25) is 0 Å². The molecule has 0 heterocycles. The molecule has 32 valence electrons. The Morgan fingerprint density at radius 3 is 1.83 bits per heavy atom. The van der Waals surface area contributed by atoms with Crippen LogP contribution in [0.3, 0.4) is 0 Å². The predicted octanol–water partition coefficient (Wildman–Crippen LogP) is 1.10. The maximum Gasteiger partial charge on any atom is 2.00 e. The minimum atomic E-state index is -0.199. The minimum absolute atomic E-state index is 0. The molecule has 1 atom stereocenters. The first-order chi connectivity index (χ1) is 2.27. The number of hydrogen-bond donors (Lipinski definition) is 0. The first-order valence-corrected chi connectivity index (χ1v) is 1.63. The second-order valence-electron chi connectivity index (χ2n) is 1.11. The summed E-state index contributed by atoms with van der Waals surface area (Å²) >= 11 is 0. The summed E-state index contributed by atoms with van der Waals surface area (Å²) < 4.78 is 0. The zero-order valence-corrected chi connectivity index (χ0v) is 8.43. The third-order valence-corrected chi connectivity index (χ3v) is 0.306. The van der Waals surface area contributed by atoms with E-state index in [2.05, 4.69) is 0 Å². The van der Waals surface area contributed by atoms with Crippen molar-refractivity contribution in [3.8, 4) is 0 Å². The van der Waals surface area contributed by atoms with E-state index in [9.17, 15) is 0 Å². The van der Waals surface area contributed by atoms with E-state index in [1.165, 1.54) is 0 Å². The SMILES string of the molecule is CC([NH-])C[NH-].[Ba+2]. The molecule has 0 saturated heterocycles. The van der Waals surface area contributed by atoms with E-state index in [1.54, 1.807) is 6.92 Å². The second-order valence-corrected chi connectivity index (χ2v) is 1.11. The molecule has 0 fully saturated rings. The maximum atomic E-state index is 6.64. The van der Waals surface area contributed by atoms with Gasteiger partial charge in [-0.05, 0) is 0 Å². The molecule has 0 rings (SSSR count). The van der Waals surface area contributed by atoms with Crippen LogP contribution in [0, 0.1) is 0 Å². The molecule has 0 saturated carbocycles. The zero-order valence-electron chi connectivity index (χ0n) is 3.99. The van der Waals surface area contributed by atoms with Gasteiger partial charge in [0, 0.05) is 0 Å². The fraction of sp³-hybridized carbons (Fsp3) is 1.00. The van der Waals surface area contributed by atoms with Gasteiger partial charge < -0.3 is 11.5 Å². The zero-order chi connectivity index (χ0) is 4.28. The molecule has 0 radical (unpaired) electrons. The summed E-state index contributed by atoms with van der Waals surface area (Å²) in [6, 6.07) is -0.199. The molecule has 3 heteroatoms. The van der Waals surface area contributed by atoms with Gasteiger partial charge in [-0.15, -0.1) is 0 Å². The van der Waals surface area contributed by atoms with E-state index >= 15 is 0 Å². The molecular formula is C3H8BaN2. The van der Waals surface area contributed by atoms with Gasteiger partial charge in [-0.2, -0.15) is 12.6 Å². The van der Waals surface area contributed by atoms with Crippen LogP contribution in [0.25, 0.3) is 11.5 Å². The van der Waals surface area contributed by atoms with Crippen LogP contribution in [-0.4, -0.2) is 61.5 Å². The van der Waals surface area contributed by atoms with Crippen LogP contribution in [0.15, 0.2) is 0 Å². The summed E-state index contributed by atoms with van der Waals surface area (Å²) in [5, 5.41) is 0. The van der Waals surface area contributed by atoms with Crippen molar-refractivity contribution >= 4 is 48.9 Å². The minimum Gasteiger partial charge on any atom is -0.679 e. The fourth-order valence-electron chi connectivity index (χ4n) is 0. The van der Waals surface area contributed by atoms with Crippen molar-refractivity contribution in [2.24, 2.45) is 0 Å². The van der Waals surface area contributed by atoms with Crippen LogP contribution in [0.1, 0.15) is 6.92 Å². The third kappa shape index (κ3) is 9.09. The van der Waals surface area contributed by atoms with Crippen LogP contribution >= 0.6 is 0 Å². The Labute approximate surface area is 78.7 Å². The molecule has 0 spiro atoms. The van der Waals surface area contributed by atoms with Crippen molar-refractivity contribution in [3.05, 3.63) is 11.5 Å². The van der Waals surface area contributed by atoms with Gasteiger partial charge >= 0.3 is 48.9 Å². The molecule has 2 nitrogen and oxygen atoms in total. The number of rotatable bonds is 1. The van der Waals surface area contributed by atoms with Crippen LogP contribution in [0.2, 0.25) is 0 Å². The molecule has 0 amide bonds. The predicted molar refractivity (Wildman–Crippen MR) is 28.7 cm³/mol. The van der Waals surface area contributed by atoms with E-state index < -0.39 is 0 Å². The van der Waals surface area contributed by atoms with Gasteiger partial charge in [0.2, 0.25) is 0 Å². The average Bonchev–Trinajstić information content (AvgIpc) is 1.38. The topological polar surface area (TPSA) is 47.6 Å². The van der Waals surface area contributed by atoms with E-state index in [0.717, 1.165) is 0 Å². The van der Waals surface area contributed by atoms with E-state index in [0.29, 0.717) is 0 Å². The Balaban J connectivity index is 0. The van der Waals surface area contributed by atoms with Crippen molar-refractivity contribution in [2.75, 3.05) is 6.54 Å². The first kappa shape index (κ1) is 10.5. The molecule has 6 heavy (non-hydrogen) atoms. The Hall–Kier alpha value is 1.49. The molecule has 0 aliphatic carbocycles. The van der Waals surface area contributed by atoms with Gasteiger partial charge in [0.1, 0.15) is 0 Å². The average molecular weight is 209 g/mol. The van der Waals surface area contributed by atoms with Crippen LogP contribution in [-0.2, 0) is 0 Å². The summed E-state index contributed by atoms with van der Waals surface area (Å²) in [4.78, 5) is 0. The number of nitrogens with one attached hydrogen (secondary N) is 2. The molecule has 0 bridgehead atoms. The standard InChI is InChI=1S/C3H8N2.Ba/c1-3(5)2-4;/h3-5H,2H2,1H3;/q-2;+2. The maximum absolute atomic E-state index is 6.64. The molecule has 2 N–H and O–H groups in total. The van der Waals surface area contributed by atoms with Crippen molar-refractivity contribution in [3.63, 3.8) is 0 Å². The Morgan fingerprint density at radius 1 is 1.67 bits per heavy atom. The first-order valence-electron chi connectivity index (χ1n) is 1.63. The Kier molecular flexibility index (Phi) is 11.3. The van der Waals surface area contributed by atoms with Crippen molar-refractivity contribution < 1.29 is 0 Å². The summed E-state index contributed by atoms with van der Waals surface area (Å²) in [5.74, 6) is 0. The van der Waals surface area contributed by atoms with Crippen molar-refractivity contribution in [1.82, 2.24) is 0 Å². The van der Waals surface area contributed by atoms with Crippen LogP contribution in [0.4, 0.5) is 0 Å². The van der Waals surface area contributed by atoms with E-state index in [1.807, 2.05) is 0 Å². The van der Waals surface area contributed by atoms with Gasteiger partial charge in [0.05, 0.1) is 0 Å².